The van der Waals surface area contributed by atoms with Gasteiger partial charge in [-0.05, 0) is 43.3 Å². The monoisotopic (exact) mass is 370 g/mol. The van der Waals surface area contributed by atoms with Gasteiger partial charge in [0, 0.05) is 45.7 Å². The molecule has 1 N–H and O–H groups in total. The van der Waals surface area contributed by atoms with E-state index in [0.29, 0.717) is 38.6 Å². The van der Waals surface area contributed by atoms with Crippen LogP contribution in [0.4, 0.5) is 4.79 Å². The highest BCUT2D eigenvalue weighted by Crippen LogP contribution is 2.59. The number of piperidine rings is 1. The SMILES string of the molecule is CN(Cc1ccccc1)C(=O)N1CCN(C(=O)C2CC23CCNCC3)CC1. The van der Waals surface area contributed by atoms with E-state index in [0.717, 1.165) is 37.9 Å². The molecule has 1 spiro atoms. The van der Waals surface area contributed by atoms with Gasteiger partial charge < -0.3 is 20.0 Å². The van der Waals surface area contributed by atoms with Gasteiger partial charge in [-0.15, -0.1) is 0 Å². The van der Waals surface area contributed by atoms with Gasteiger partial charge in [-0.25, -0.2) is 4.79 Å². The molecule has 27 heavy (non-hydrogen) atoms. The van der Waals surface area contributed by atoms with Crippen LogP contribution in [-0.2, 0) is 11.3 Å². The van der Waals surface area contributed by atoms with Crippen molar-refractivity contribution in [1.82, 2.24) is 20.0 Å². The molecule has 0 bridgehead atoms. The van der Waals surface area contributed by atoms with E-state index in [-0.39, 0.29) is 17.4 Å². The predicted octanol–water partition coefficient (Wildman–Crippen LogP) is 1.77. The second kappa shape index (κ2) is 7.50. The minimum atomic E-state index is 0.0483. The first kappa shape index (κ1) is 18.3. The van der Waals surface area contributed by atoms with Crippen molar-refractivity contribution in [2.24, 2.45) is 11.3 Å². The Morgan fingerprint density at radius 1 is 1.07 bits per heavy atom. The van der Waals surface area contributed by atoms with E-state index in [4.69, 9.17) is 0 Å². The number of urea groups is 1. The third-order valence-electron chi connectivity index (χ3n) is 6.54. The molecule has 0 radical (unpaired) electrons. The molecule has 1 atom stereocenters. The van der Waals surface area contributed by atoms with Crippen molar-refractivity contribution in [3.63, 3.8) is 0 Å². The Labute approximate surface area is 161 Å². The van der Waals surface area contributed by atoms with Crippen LogP contribution in [0.15, 0.2) is 30.3 Å². The molecule has 1 unspecified atom stereocenters. The Morgan fingerprint density at radius 2 is 1.70 bits per heavy atom. The number of amides is 3. The van der Waals surface area contributed by atoms with Gasteiger partial charge >= 0.3 is 6.03 Å². The molecule has 1 aromatic carbocycles. The zero-order valence-electron chi connectivity index (χ0n) is 16.2. The smallest absolute Gasteiger partial charge is 0.320 e. The molecule has 3 fully saturated rings. The molecule has 0 aromatic heterocycles. The minimum absolute atomic E-state index is 0.0483. The number of piperazine rings is 1. The zero-order chi connectivity index (χ0) is 18.9. The third kappa shape index (κ3) is 3.81. The molecule has 3 aliphatic rings. The average molecular weight is 370 g/mol. The first-order chi connectivity index (χ1) is 13.1. The number of benzene rings is 1. The zero-order valence-corrected chi connectivity index (χ0v) is 16.2. The second-order valence-electron chi connectivity index (χ2n) is 8.31. The van der Waals surface area contributed by atoms with Crippen molar-refractivity contribution in [2.45, 2.75) is 25.8 Å². The summed E-state index contributed by atoms with van der Waals surface area (Å²) in [5, 5.41) is 3.39. The predicted molar refractivity (Wildman–Crippen MR) is 104 cm³/mol. The first-order valence-corrected chi connectivity index (χ1v) is 10.1. The molecule has 2 heterocycles. The fraction of sp³-hybridized carbons (Fsp3) is 0.619. The van der Waals surface area contributed by atoms with Gasteiger partial charge in [0.1, 0.15) is 0 Å². The number of rotatable bonds is 3. The van der Waals surface area contributed by atoms with Crippen LogP contribution in [-0.4, -0.2) is 73.0 Å². The lowest BCUT2D eigenvalue weighted by atomic mass is 9.91. The summed E-state index contributed by atoms with van der Waals surface area (Å²) in [4.78, 5) is 31.2. The van der Waals surface area contributed by atoms with Crippen LogP contribution in [0.25, 0.3) is 0 Å². The molecule has 6 nitrogen and oxygen atoms in total. The quantitative estimate of drug-likeness (QED) is 0.882. The summed E-state index contributed by atoms with van der Waals surface area (Å²) in [6.45, 7) is 5.27. The van der Waals surface area contributed by atoms with Crippen molar-refractivity contribution in [1.29, 1.82) is 0 Å². The van der Waals surface area contributed by atoms with Crippen molar-refractivity contribution in [2.75, 3.05) is 46.3 Å². The van der Waals surface area contributed by atoms with Crippen LogP contribution in [0.1, 0.15) is 24.8 Å². The van der Waals surface area contributed by atoms with E-state index in [2.05, 4.69) is 5.32 Å². The Morgan fingerprint density at radius 3 is 2.37 bits per heavy atom. The fourth-order valence-corrected chi connectivity index (χ4v) is 4.68. The molecular weight excluding hydrogens is 340 g/mol. The summed E-state index contributed by atoms with van der Waals surface area (Å²) in [5.74, 6) is 0.546. The summed E-state index contributed by atoms with van der Waals surface area (Å²) in [5.41, 5.74) is 1.41. The standard InChI is InChI=1S/C21H30N4O2/c1-23(16-17-5-3-2-4-6-17)20(27)25-13-11-24(12-14-25)19(26)18-15-21(18)7-9-22-10-8-21/h2-6,18,22H,7-16H2,1H3. The van der Waals surface area contributed by atoms with E-state index in [1.54, 1.807) is 4.90 Å². The number of carbonyl (C=O) groups is 2. The number of hydrogen-bond donors (Lipinski definition) is 1. The summed E-state index contributed by atoms with van der Waals surface area (Å²) in [6.07, 6.45) is 3.32. The Hall–Kier alpha value is -2.08. The van der Waals surface area contributed by atoms with Gasteiger partial charge in [-0.2, -0.15) is 0 Å². The number of nitrogens with one attached hydrogen (secondary N) is 1. The highest BCUT2D eigenvalue weighted by Gasteiger charge is 2.58. The normalized spacial score (nSPS) is 24.0. The molecular formula is C21H30N4O2. The highest BCUT2D eigenvalue weighted by molar-refractivity contribution is 5.83. The molecule has 6 heteroatoms. The van der Waals surface area contributed by atoms with Crippen molar-refractivity contribution in [3.8, 4) is 0 Å². The summed E-state index contributed by atoms with van der Waals surface area (Å²) < 4.78 is 0. The number of hydrogen-bond acceptors (Lipinski definition) is 3. The lowest BCUT2D eigenvalue weighted by Crippen LogP contribution is -2.53. The number of carbonyl (C=O) groups excluding carboxylic acids is 2. The van der Waals surface area contributed by atoms with Crippen molar-refractivity contribution in [3.05, 3.63) is 35.9 Å². The van der Waals surface area contributed by atoms with Crippen LogP contribution in [0, 0.1) is 11.3 Å². The molecule has 2 saturated heterocycles. The molecule has 4 rings (SSSR count). The molecule has 3 amide bonds. The van der Waals surface area contributed by atoms with E-state index in [1.165, 1.54) is 0 Å². The Balaban J connectivity index is 1.26. The average Bonchev–Trinajstić information content (AvgIpc) is 3.40. The van der Waals surface area contributed by atoms with Crippen LogP contribution in [0.5, 0.6) is 0 Å². The van der Waals surface area contributed by atoms with E-state index < -0.39 is 0 Å². The molecule has 1 saturated carbocycles. The van der Waals surface area contributed by atoms with Gasteiger partial charge in [0.25, 0.3) is 0 Å². The van der Waals surface area contributed by atoms with Crippen molar-refractivity contribution < 1.29 is 9.59 Å². The maximum atomic E-state index is 12.9. The van der Waals surface area contributed by atoms with Gasteiger partial charge in [0.2, 0.25) is 5.91 Å². The lowest BCUT2D eigenvalue weighted by molar-refractivity contribution is -0.135. The van der Waals surface area contributed by atoms with Gasteiger partial charge in [0.15, 0.2) is 0 Å². The highest BCUT2D eigenvalue weighted by atomic mass is 16.2. The maximum Gasteiger partial charge on any atom is 0.320 e. The Kier molecular flexibility index (Phi) is 5.08. The first-order valence-electron chi connectivity index (χ1n) is 10.1. The minimum Gasteiger partial charge on any atom is -0.339 e. The largest absolute Gasteiger partial charge is 0.339 e. The maximum absolute atomic E-state index is 12.9. The topological polar surface area (TPSA) is 55.9 Å². The fourth-order valence-electron chi connectivity index (χ4n) is 4.68. The van der Waals surface area contributed by atoms with E-state index in [9.17, 15) is 9.59 Å². The van der Waals surface area contributed by atoms with E-state index >= 15 is 0 Å². The summed E-state index contributed by atoms with van der Waals surface area (Å²) >= 11 is 0. The number of nitrogens with zero attached hydrogens (tertiary/aromatic N) is 3. The van der Waals surface area contributed by atoms with Crippen LogP contribution >= 0.6 is 0 Å². The summed E-state index contributed by atoms with van der Waals surface area (Å²) in [6, 6.07) is 10.1. The molecule has 1 aromatic rings. The Bertz CT molecular complexity index is 679. The van der Waals surface area contributed by atoms with Gasteiger partial charge in [-0.3, -0.25) is 4.79 Å². The van der Waals surface area contributed by atoms with Gasteiger partial charge in [-0.1, -0.05) is 30.3 Å². The molecule has 1 aliphatic carbocycles. The second-order valence-corrected chi connectivity index (χ2v) is 8.31. The summed E-state index contributed by atoms with van der Waals surface area (Å²) in [7, 11) is 1.85. The van der Waals surface area contributed by atoms with Crippen LogP contribution < -0.4 is 5.32 Å². The molecule has 2 aliphatic heterocycles. The third-order valence-corrected chi connectivity index (χ3v) is 6.54. The molecule has 146 valence electrons. The van der Waals surface area contributed by atoms with Crippen LogP contribution in [0.2, 0.25) is 0 Å². The van der Waals surface area contributed by atoms with Crippen LogP contribution in [0.3, 0.4) is 0 Å². The van der Waals surface area contributed by atoms with Gasteiger partial charge in [0.05, 0.1) is 0 Å². The lowest BCUT2D eigenvalue weighted by Gasteiger charge is -2.37. The van der Waals surface area contributed by atoms with E-state index in [1.807, 2.05) is 47.2 Å². The van der Waals surface area contributed by atoms with Crippen molar-refractivity contribution >= 4 is 11.9 Å².